The van der Waals surface area contributed by atoms with Gasteiger partial charge in [-0.15, -0.1) is 0 Å². The molecule has 1 unspecified atom stereocenters. The Morgan fingerprint density at radius 3 is 2.54 bits per heavy atom. The summed E-state index contributed by atoms with van der Waals surface area (Å²) < 4.78 is 0. The zero-order chi connectivity index (χ0) is 19.1. The summed E-state index contributed by atoms with van der Waals surface area (Å²) in [6, 6.07) is 9.49. The third kappa shape index (κ3) is 3.10. The van der Waals surface area contributed by atoms with Gasteiger partial charge in [-0.2, -0.15) is 0 Å². The first-order valence-corrected chi connectivity index (χ1v) is 8.56. The van der Waals surface area contributed by atoms with Gasteiger partial charge in [0.25, 0.3) is 5.91 Å². The second kappa shape index (κ2) is 6.57. The molecule has 0 fully saturated rings. The van der Waals surface area contributed by atoms with Crippen LogP contribution in [0.4, 0.5) is 5.69 Å². The molecule has 0 saturated heterocycles. The summed E-state index contributed by atoms with van der Waals surface area (Å²) in [6.45, 7) is 5.26. The van der Waals surface area contributed by atoms with E-state index >= 15 is 0 Å². The number of benzene rings is 1. The molecule has 0 aliphatic carbocycles. The van der Waals surface area contributed by atoms with Gasteiger partial charge in [0.1, 0.15) is 0 Å². The number of aliphatic hydroxyl groups is 1. The Labute approximate surface area is 156 Å². The second-order valence-corrected chi connectivity index (χ2v) is 7.62. The number of amides is 1. The fraction of sp³-hybridized carbons (Fsp3) is 0.250. The number of nitrogens with zero attached hydrogens (tertiary/aromatic N) is 2. The highest BCUT2D eigenvalue weighted by Crippen LogP contribution is 2.43. The van der Waals surface area contributed by atoms with Crippen LogP contribution in [0.15, 0.2) is 60.1 Å². The van der Waals surface area contributed by atoms with E-state index in [1.807, 2.05) is 0 Å². The van der Waals surface area contributed by atoms with Crippen molar-refractivity contribution >= 4 is 29.0 Å². The molecule has 1 N–H and O–H groups in total. The van der Waals surface area contributed by atoms with Crippen LogP contribution in [0.5, 0.6) is 0 Å². The molecule has 2 heterocycles. The molecule has 0 radical (unpaired) electrons. The van der Waals surface area contributed by atoms with Crippen molar-refractivity contribution in [3.8, 4) is 0 Å². The minimum absolute atomic E-state index is 0.0791. The van der Waals surface area contributed by atoms with Gasteiger partial charge in [-0.05, 0) is 29.8 Å². The van der Waals surface area contributed by atoms with Crippen LogP contribution in [0, 0.1) is 5.41 Å². The summed E-state index contributed by atoms with van der Waals surface area (Å²) in [7, 11) is 0. The molecule has 1 aliphatic rings. The van der Waals surface area contributed by atoms with Gasteiger partial charge in [0.15, 0.2) is 11.5 Å². The number of halogens is 1. The lowest BCUT2D eigenvalue weighted by Crippen LogP contribution is -2.32. The summed E-state index contributed by atoms with van der Waals surface area (Å²) in [5.74, 6) is -1.45. The number of carbonyl (C=O) groups excluding carboxylic acids is 2. The highest BCUT2D eigenvalue weighted by molar-refractivity contribution is 6.31. The minimum atomic E-state index is -0.763. The van der Waals surface area contributed by atoms with Crippen molar-refractivity contribution in [1.82, 2.24) is 4.98 Å². The number of Topliss-reactive ketones (excluding diaryl/α,β-unsaturated/α-hetero) is 1. The Morgan fingerprint density at radius 1 is 1.23 bits per heavy atom. The monoisotopic (exact) mass is 370 g/mol. The topological polar surface area (TPSA) is 70.5 Å². The normalized spacial score (nSPS) is 17.8. The third-order valence-electron chi connectivity index (χ3n) is 4.22. The van der Waals surface area contributed by atoms with Crippen LogP contribution in [0.3, 0.4) is 0 Å². The van der Waals surface area contributed by atoms with E-state index in [2.05, 4.69) is 4.98 Å². The first kappa shape index (κ1) is 18.1. The molecule has 1 amide bonds. The van der Waals surface area contributed by atoms with Gasteiger partial charge in [0.2, 0.25) is 0 Å². The minimum Gasteiger partial charge on any atom is -0.503 e. The number of ketones is 1. The van der Waals surface area contributed by atoms with Gasteiger partial charge < -0.3 is 5.11 Å². The summed E-state index contributed by atoms with van der Waals surface area (Å²) in [5.41, 5.74) is 0.460. The van der Waals surface area contributed by atoms with Gasteiger partial charge in [-0.25, -0.2) is 0 Å². The fourth-order valence-corrected chi connectivity index (χ4v) is 3.17. The number of aromatic nitrogens is 1. The zero-order valence-electron chi connectivity index (χ0n) is 14.7. The molecule has 6 heteroatoms. The third-order valence-corrected chi connectivity index (χ3v) is 4.46. The summed E-state index contributed by atoms with van der Waals surface area (Å²) >= 11 is 6.08. The standard InChI is InChI=1S/C20H19ClN2O3/c1-20(2,3)18(25)15-16(12-6-5-9-22-11-12)23(19(26)17(15)24)14-8-4-7-13(21)10-14/h4-11,16,24H,1-3H3. The predicted molar refractivity (Wildman–Crippen MR) is 100 cm³/mol. The highest BCUT2D eigenvalue weighted by atomic mass is 35.5. The molecule has 0 saturated carbocycles. The Hall–Kier alpha value is -2.66. The average Bonchev–Trinajstić information content (AvgIpc) is 2.85. The van der Waals surface area contributed by atoms with Crippen molar-refractivity contribution in [3.63, 3.8) is 0 Å². The second-order valence-electron chi connectivity index (χ2n) is 7.19. The van der Waals surface area contributed by atoms with Crippen LogP contribution >= 0.6 is 11.6 Å². The van der Waals surface area contributed by atoms with Crippen molar-refractivity contribution in [3.05, 3.63) is 70.7 Å². The van der Waals surface area contributed by atoms with E-state index in [-0.39, 0.29) is 11.4 Å². The quantitative estimate of drug-likeness (QED) is 0.876. The van der Waals surface area contributed by atoms with Crippen LogP contribution in [-0.4, -0.2) is 21.8 Å². The van der Waals surface area contributed by atoms with Crippen LogP contribution in [-0.2, 0) is 9.59 Å². The molecule has 5 nitrogen and oxygen atoms in total. The van der Waals surface area contributed by atoms with Crippen LogP contribution in [0.1, 0.15) is 32.4 Å². The van der Waals surface area contributed by atoms with Crippen LogP contribution in [0.2, 0.25) is 5.02 Å². The Morgan fingerprint density at radius 2 is 1.96 bits per heavy atom. The Balaban J connectivity index is 2.21. The number of pyridine rings is 1. The maximum absolute atomic E-state index is 13.0. The zero-order valence-corrected chi connectivity index (χ0v) is 15.5. The molecule has 2 aromatic rings. The molecular formula is C20H19ClN2O3. The maximum Gasteiger partial charge on any atom is 0.294 e. The van der Waals surface area contributed by atoms with E-state index in [4.69, 9.17) is 11.6 Å². The van der Waals surface area contributed by atoms with Crippen molar-refractivity contribution in [2.75, 3.05) is 4.90 Å². The molecule has 1 aromatic carbocycles. The highest BCUT2D eigenvalue weighted by Gasteiger charge is 2.46. The van der Waals surface area contributed by atoms with Crippen LogP contribution < -0.4 is 4.90 Å². The first-order chi connectivity index (χ1) is 12.2. The molecule has 1 aliphatic heterocycles. The van der Waals surface area contributed by atoms with Gasteiger partial charge >= 0.3 is 0 Å². The fourth-order valence-electron chi connectivity index (χ4n) is 2.99. The number of aliphatic hydroxyl groups excluding tert-OH is 1. The van der Waals surface area contributed by atoms with E-state index in [0.29, 0.717) is 16.3 Å². The molecule has 3 rings (SSSR count). The smallest absolute Gasteiger partial charge is 0.294 e. The van der Waals surface area contributed by atoms with E-state index < -0.39 is 23.1 Å². The van der Waals surface area contributed by atoms with Gasteiger partial charge in [-0.3, -0.25) is 19.5 Å². The van der Waals surface area contributed by atoms with Gasteiger partial charge in [-0.1, -0.05) is 44.5 Å². The number of hydrogen-bond donors (Lipinski definition) is 1. The predicted octanol–water partition coefficient (Wildman–Crippen LogP) is 4.25. The number of hydrogen-bond acceptors (Lipinski definition) is 4. The van der Waals surface area contributed by atoms with Crippen molar-refractivity contribution in [2.45, 2.75) is 26.8 Å². The van der Waals surface area contributed by atoms with Gasteiger partial charge in [0.05, 0.1) is 11.6 Å². The Bertz CT molecular complexity index is 901. The number of carbonyl (C=O) groups is 2. The molecule has 1 atom stereocenters. The van der Waals surface area contributed by atoms with E-state index in [9.17, 15) is 14.7 Å². The molecule has 0 spiro atoms. The summed E-state index contributed by atoms with van der Waals surface area (Å²) in [4.78, 5) is 31.3. The maximum atomic E-state index is 13.0. The lowest BCUT2D eigenvalue weighted by molar-refractivity contribution is -0.123. The lowest BCUT2D eigenvalue weighted by Gasteiger charge is -2.28. The molecule has 26 heavy (non-hydrogen) atoms. The number of rotatable bonds is 3. The first-order valence-electron chi connectivity index (χ1n) is 8.19. The van der Waals surface area contributed by atoms with Crippen molar-refractivity contribution in [2.24, 2.45) is 5.41 Å². The number of anilines is 1. The summed E-state index contributed by atoms with van der Waals surface area (Å²) in [5, 5.41) is 11.0. The lowest BCUT2D eigenvalue weighted by atomic mass is 9.82. The summed E-state index contributed by atoms with van der Waals surface area (Å²) in [6.07, 6.45) is 3.20. The molecule has 0 bridgehead atoms. The van der Waals surface area contributed by atoms with E-state index in [0.717, 1.165) is 0 Å². The largest absolute Gasteiger partial charge is 0.503 e. The van der Waals surface area contributed by atoms with E-state index in [1.165, 1.54) is 4.90 Å². The Kier molecular flexibility index (Phi) is 4.59. The molecular weight excluding hydrogens is 352 g/mol. The van der Waals surface area contributed by atoms with Crippen molar-refractivity contribution in [1.29, 1.82) is 0 Å². The average molecular weight is 371 g/mol. The van der Waals surface area contributed by atoms with E-state index in [1.54, 1.807) is 69.6 Å². The van der Waals surface area contributed by atoms with Crippen LogP contribution in [0.25, 0.3) is 0 Å². The van der Waals surface area contributed by atoms with Crippen molar-refractivity contribution < 1.29 is 14.7 Å². The molecule has 1 aromatic heterocycles. The van der Waals surface area contributed by atoms with Gasteiger partial charge in [0, 0.05) is 28.5 Å². The molecule has 134 valence electrons. The SMILES string of the molecule is CC(C)(C)C(=O)C1=C(O)C(=O)N(c2cccc(Cl)c2)C1c1cccnc1.